The molecule has 0 spiro atoms. The van der Waals surface area contributed by atoms with E-state index in [1.807, 2.05) is 13.8 Å². The summed E-state index contributed by atoms with van der Waals surface area (Å²) in [4.78, 5) is 11.7. The van der Waals surface area contributed by atoms with Gasteiger partial charge in [-0.15, -0.1) is 0 Å². The summed E-state index contributed by atoms with van der Waals surface area (Å²) in [5, 5.41) is 10.7. The van der Waals surface area contributed by atoms with E-state index in [4.69, 9.17) is 16.3 Å². The maximum Gasteiger partial charge on any atom is 0.311 e. The summed E-state index contributed by atoms with van der Waals surface area (Å²) in [6, 6.07) is 6.96. The van der Waals surface area contributed by atoms with Gasteiger partial charge in [0, 0.05) is 5.02 Å². The molecule has 1 aromatic carbocycles. The van der Waals surface area contributed by atoms with Gasteiger partial charge in [-0.05, 0) is 17.5 Å². The first-order valence-electron chi connectivity index (χ1n) is 5.49. The highest BCUT2D eigenvalue weighted by Crippen LogP contribution is 2.32. The predicted molar refractivity (Wildman–Crippen MR) is 66.8 cm³/mol. The molecule has 0 bridgehead atoms. The number of carbonyl (C=O) groups is 1. The highest BCUT2D eigenvalue weighted by molar-refractivity contribution is 6.31. The lowest BCUT2D eigenvalue weighted by molar-refractivity contribution is -0.152. The lowest BCUT2D eigenvalue weighted by atomic mass is 9.86. The molecule has 0 heterocycles. The fourth-order valence-electron chi connectivity index (χ4n) is 1.81. The molecule has 0 saturated carbocycles. The molecule has 0 aliphatic carbocycles. The molecule has 3 nitrogen and oxygen atoms in total. The van der Waals surface area contributed by atoms with Crippen LogP contribution in [0, 0.1) is 11.8 Å². The molecular weight excluding hydrogens is 240 g/mol. The largest absolute Gasteiger partial charge is 0.469 e. The molecule has 2 unspecified atom stereocenters. The zero-order chi connectivity index (χ0) is 13.0. The second kappa shape index (κ2) is 6.03. The van der Waals surface area contributed by atoms with Crippen LogP contribution >= 0.6 is 11.6 Å². The van der Waals surface area contributed by atoms with Gasteiger partial charge in [0.05, 0.1) is 19.1 Å². The standard InChI is InChI=1S/C13H17ClO3/c1-8(2)11(13(16)17-3)12(15)9-6-4-5-7-10(9)14/h4-8,11-12,15H,1-3H3. The smallest absolute Gasteiger partial charge is 0.311 e. The Labute approximate surface area is 106 Å². The average molecular weight is 257 g/mol. The van der Waals surface area contributed by atoms with Crippen LogP contribution in [0.5, 0.6) is 0 Å². The number of hydrogen-bond acceptors (Lipinski definition) is 3. The van der Waals surface area contributed by atoms with Gasteiger partial charge in [-0.3, -0.25) is 4.79 Å². The van der Waals surface area contributed by atoms with Crippen LogP contribution in [0.2, 0.25) is 5.02 Å². The molecule has 0 aromatic heterocycles. The van der Waals surface area contributed by atoms with Crippen molar-refractivity contribution in [1.29, 1.82) is 0 Å². The topological polar surface area (TPSA) is 46.5 Å². The highest BCUT2D eigenvalue weighted by Gasteiger charge is 2.32. The van der Waals surface area contributed by atoms with Gasteiger partial charge in [0.25, 0.3) is 0 Å². The quantitative estimate of drug-likeness (QED) is 0.843. The van der Waals surface area contributed by atoms with Crippen LogP contribution in [0.4, 0.5) is 0 Å². The Morgan fingerprint density at radius 1 is 1.35 bits per heavy atom. The molecule has 0 saturated heterocycles. The minimum atomic E-state index is -0.948. The summed E-state index contributed by atoms with van der Waals surface area (Å²) in [5.74, 6) is -1.07. The Morgan fingerprint density at radius 2 is 1.94 bits per heavy atom. The monoisotopic (exact) mass is 256 g/mol. The zero-order valence-electron chi connectivity index (χ0n) is 10.2. The highest BCUT2D eigenvalue weighted by atomic mass is 35.5. The number of aliphatic hydroxyl groups excluding tert-OH is 1. The predicted octanol–water partition coefficient (Wildman–Crippen LogP) is 2.82. The van der Waals surface area contributed by atoms with Gasteiger partial charge in [-0.25, -0.2) is 0 Å². The Bertz CT molecular complexity index is 390. The lowest BCUT2D eigenvalue weighted by Gasteiger charge is -2.24. The van der Waals surface area contributed by atoms with E-state index in [9.17, 15) is 9.90 Å². The molecule has 1 aromatic rings. The Hall–Kier alpha value is -1.06. The molecular formula is C13H17ClO3. The second-order valence-electron chi connectivity index (χ2n) is 4.26. The maximum atomic E-state index is 11.7. The number of benzene rings is 1. The number of methoxy groups -OCH3 is 1. The first-order valence-corrected chi connectivity index (χ1v) is 5.87. The number of carbonyl (C=O) groups excluding carboxylic acids is 1. The third-order valence-electron chi connectivity index (χ3n) is 2.76. The Kier molecular flexibility index (Phi) is 4.97. The summed E-state index contributed by atoms with van der Waals surface area (Å²) in [5.41, 5.74) is 0.554. The third-order valence-corrected chi connectivity index (χ3v) is 3.10. The average Bonchev–Trinajstić information content (AvgIpc) is 2.28. The van der Waals surface area contributed by atoms with E-state index in [-0.39, 0.29) is 5.92 Å². The number of ether oxygens (including phenoxy) is 1. The molecule has 0 fully saturated rings. The molecule has 94 valence electrons. The van der Waals surface area contributed by atoms with Crippen LogP contribution in [0.1, 0.15) is 25.5 Å². The fourth-order valence-corrected chi connectivity index (χ4v) is 2.06. The molecule has 2 atom stereocenters. The van der Waals surface area contributed by atoms with E-state index < -0.39 is 18.0 Å². The van der Waals surface area contributed by atoms with Crippen LogP contribution in [-0.4, -0.2) is 18.2 Å². The van der Waals surface area contributed by atoms with Crippen molar-refractivity contribution in [3.8, 4) is 0 Å². The van der Waals surface area contributed by atoms with Crippen LogP contribution in [0.3, 0.4) is 0 Å². The number of halogens is 1. The molecule has 0 amide bonds. The van der Waals surface area contributed by atoms with Crippen molar-refractivity contribution in [2.45, 2.75) is 20.0 Å². The van der Waals surface area contributed by atoms with Gasteiger partial charge >= 0.3 is 5.97 Å². The van der Waals surface area contributed by atoms with Gasteiger partial charge in [0.2, 0.25) is 0 Å². The van der Waals surface area contributed by atoms with E-state index in [0.717, 1.165) is 0 Å². The minimum absolute atomic E-state index is 0.0336. The maximum absolute atomic E-state index is 11.7. The number of rotatable bonds is 4. The fraction of sp³-hybridized carbons (Fsp3) is 0.462. The normalized spacial score (nSPS) is 14.5. The third kappa shape index (κ3) is 3.20. The first-order chi connectivity index (χ1) is 7.99. The van der Waals surface area contributed by atoms with Crippen molar-refractivity contribution in [1.82, 2.24) is 0 Å². The van der Waals surface area contributed by atoms with Gasteiger partial charge in [-0.1, -0.05) is 43.6 Å². The van der Waals surface area contributed by atoms with E-state index in [0.29, 0.717) is 10.6 Å². The zero-order valence-corrected chi connectivity index (χ0v) is 10.9. The SMILES string of the molecule is COC(=O)C(C(C)C)C(O)c1ccccc1Cl. The number of aliphatic hydroxyl groups is 1. The van der Waals surface area contributed by atoms with Crippen molar-refractivity contribution in [2.24, 2.45) is 11.8 Å². The number of esters is 1. The molecule has 17 heavy (non-hydrogen) atoms. The first kappa shape index (κ1) is 14.0. The summed E-state index contributed by atoms with van der Waals surface area (Å²) in [6.45, 7) is 3.73. The summed E-state index contributed by atoms with van der Waals surface area (Å²) < 4.78 is 4.71. The summed E-state index contributed by atoms with van der Waals surface area (Å²) in [6.07, 6.45) is -0.948. The van der Waals surface area contributed by atoms with Crippen LogP contribution < -0.4 is 0 Å². The van der Waals surface area contributed by atoms with E-state index in [1.165, 1.54) is 7.11 Å². The van der Waals surface area contributed by atoms with Crippen molar-refractivity contribution >= 4 is 17.6 Å². The van der Waals surface area contributed by atoms with E-state index in [1.54, 1.807) is 24.3 Å². The Morgan fingerprint density at radius 3 is 2.41 bits per heavy atom. The minimum Gasteiger partial charge on any atom is -0.469 e. The van der Waals surface area contributed by atoms with E-state index in [2.05, 4.69) is 0 Å². The molecule has 4 heteroatoms. The molecule has 1 N–H and O–H groups in total. The van der Waals surface area contributed by atoms with E-state index >= 15 is 0 Å². The van der Waals surface area contributed by atoms with Crippen LogP contribution in [0.15, 0.2) is 24.3 Å². The number of hydrogen-bond donors (Lipinski definition) is 1. The van der Waals surface area contributed by atoms with Crippen molar-refractivity contribution in [3.05, 3.63) is 34.9 Å². The van der Waals surface area contributed by atoms with Crippen molar-refractivity contribution in [2.75, 3.05) is 7.11 Å². The second-order valence-corrected chi connectivity index (χ2v) is 4.67. The van der Waals surface area contributed by atoms with Crippen molar-refractivity contribution < 1.29 is 14.6 Å². The van der Waals surface area contributed by atoms with Crippen molar-refractivity contribution in [3.63, 3.8) is 0 Å². The lowest BCUT2D eigenvalue weighted by Crippen LogP contribution is -2.28. The van der Waals surface area contributed by atoms with Gasteiger partial charge in [-0.2, -0.15) is 0 Å². The summed E-state index contributed by atoms with van der Waals surface area (Å²) in [7, 11) is 1.32. The van der Waals surface area contributed by atoms with Gasteiger partial charge in [0.15, 0.2) is 0 Å². The molecule has 0 radical (unpaired) electrons. The molecule has 0 aliphatic rings. The van der Waals surface area contributed by atoms with Crippen LogP contribution in [-0.2, 0) is 9.53 Å². The van der Waals surface area contributed by atoms with Gasteiger partial charge in [0.1, 0.15) is 0 Å². The van der Waals surface area contributed by atoms with Crippen LogP contribution in [0.25, 0.3) is 0 Å². The van der Waals surface area contributed by atoms with Gasteiger partial charge < -0.3 is 9.84 Å². The molecule has 0 aliphatic heterocycles. The molecule has 1 rings (SSSR count). The summed E-state index contributed by atoms with van der Waals surface area (Å²) >= 11 is 6.00. The Balaban J connectivity index is 3.04.